The highest BCUT2D eigenvalue weighted by Crippen LogP contribution is 2.47. The molecule has 0 radical (unpaired) electrons. The van der Waals surface area contributed by atoms with Gasteiger partial charge in [0.25, 0.3) is 5.91 Å². The molecule has 274 valence electrons. The number of benzene rings is 1. The Morgan fingerprint density at radius 1 is 1.18 bits per heavy atom. The summed E-state index contributed by atoms with van der Waals surface area (Å²) in [6.45, 7) is 6.28. The molecule has 3 atom stereocenters. The number of aromatic nitrogens is 2. The average Bonchev–Trinajstić information content (AvgIpc) is 3.96. The fourth-order valence-corrected chi connectivity index (χ4v) is 8.31. The molecule has 6 rings (SSSR count). The number of carbonyl (C=O) groups is 3. The zero-order valence-electron chi connectivity index (χ0n) is 29.7. The number of carbonyl (C=O) groups excluding carboxylic acids is 3. The second-order valence-electron chi connectivity index (χ2n) is 14.3. The van der Waals surface area contributed by atoms with Crippen molar-refractivity contribution in [2.75, 3.05) is 27.3 Å². The number of hydrogen-bond acceptors (Lipinski definition) is 10. The van der Waals surface area contributed by atoms with E-state index in [0.29, 0.717) is 42.1 Å². The number of amides is 4. The molecule has 4 amide bonds. The molecule has 2 aromatic heterocycles. The van der Waals surface area contributed by atoms with Gasteiger partial charge in [0.2, 0.25) is 15.9 Å². The van der Waals surface area contributed by atoms with Crippen LogP contribution in [-0.4, -0.2) is 84.8 Å². The Balaban J connectivity index is 1.25. The number of pyridine rings is 1. The first-order chi connectivity index (χ1) is 24.2. The van der Waals surface area contributed by atoms with Crippen molar-refractivity contribution in [3.05, 3.63) is 47.5 Å². The van der Waals surface area contributed by atoms with Gasteiger partial charge in [-0.05, 0) is 63.5 Å². The largest absolute Gasteiger partial charge is 0.497 e. The molecule has 0 bridgehead atoms. The molecule has 0 spiro atoms. The average molecular weight is 739 g/mol. The number of sulfonamides is 1. The molecule has 1 aliphatic heterocycles. The van der Waals surface area contributed by atoms with Crippen LogP contribution in [0.1, 0.15) is 77.3 Å². The second kappa shape index (κ2) is 14.4. The lowest BCUT2D eigenvalue weighted by molar-refractivity contribution is -0.130. The third-order valence-corrected chi connectivity index (χ3v) is 13.1. The molecule has 1 aromatic carbocycles. The van der Waals surface area contributed by atoms with Crippen molar-refractivity contribution in [3.63, 3.8) is 0 Å². The Morgan fingerprint density at radius 2 is 1.96 bits per heavy atom. The normalized spacial score (nSPS) is 24.2. The van der Waals surface area contributed by atoms with E-state index in [9.17, 15) is 22.8 Å². The van der Waals surface area contributed by atoms with Crippen LogP contribution in [0, 0.1) is 5.92 Å². The van der Waals surface area contributed by atoms with Crippen LogP contribution in [0.4, 0.5) is 4.79 Å². The predicted octanol–water partition coefficient (Wildman–Crippen LogP) is 4.88. The van der Waals surface area contributed by atoms with Crippen LogP contribution in [0.2, 0.25) is 0 Å². The zero-order chi connectivity index (χ0) is 36.6. The minimum Gasteiger partial charge on any atom is -0.497 e. The molecular formula is C36H46N6O7S2. The van der Waals surface area contributed by atoms with Crippen molar-refractivity contribution >= 4 is 50.1 Å². The minimum absolute atomic E-state index is 0.0248. The van der Waals surface area contributed by atoms with Crippen molar-refractivity contribution in [1.82, 2.24) is 30.2 Å². The molecule has 2 unspecified atom stereocenters. The summed E-state index contributed by atoms with van der Waals surface area (Å²) in [4.78, 5) is 52.0. The maximum absolute atomic E-state index is 14.0. The van der Waals surface area contributed by atoms with Crippen LogP contribution >= 0.6 is 11.3 Å². The highest BCUT2D eigenvalue weighted by molar-refractivity contribution is 7.91. The lowest BCUT2D eigenvalue weighted by Gasteiger charge is -2.26. The molecule has 13 nitrogen and oxygen atoms in total. The van der Waals surface area contributed by atoms with Crippen LogP contribution in [0.5, 0.6) is 11.5 Å². The van der Waals surface area contributed by atoms with Gasteiger partial charge in [-0.3, -0.25) is 14.3 Å². The van der Waals surface area contributed by atoms with E-state index in [1.54, 1.807) is 21.1 Å². The van der Waals surface area contributed by atoms with Gasteiger partial charge in [-0.15, -0.1) is 11.3 Å². The summed E-state index contributed by atoms with van der Waals surface area (Å²) in [5.74, 6) is -0.350. The van der Waals surface area contributed by atoms with E-state index in [0.717, 1.165) is 35.4 Å². The molecule has 2 saturated carbocycles. The Morgan fingerprint density at radius 3 is 2.67 bits per heavy atom. The fraction of sp³-hybridized carbons (Fsp3) is 0.528. The molecule has 51 heavy (non-hydrogen) atoms. The van der Waals surface area contributed by atoms with Gasteiger partial charge >= 0.3 is 6.03 Å². The van der Waals surface area contributed by atoms with E-state index in [1.165, 1.54) is 16.2 Å². The number of nitrogens with one attached hydrogen (secondary N) is 3. The van der Waals surface area contributed by atoms with Crippen LogP contribution in [0.3, 0.4) is 0 Å². The highest BCUT2D eigenvalue weighted by Gasteiger charge is 2.62. The Kier molecular flexibility index (Phi) is 10.3. The monoisotopic (exact) mass is 738 g/mol. The number of nitrogens with zero attached hydrogens (tertiary/aromatic N) is 3. The molecule has 3 N–H and O–H groups in total. The summed E-state index contributed by atoms with van der Waals surface area (Å²) < 4.78 is 39.1. The Hall–Kier alpha value is -4.24. The number of fused-ring (bicyclic) bond motifs is 2. The standard InChI is InChI=1S/C36H46N6O7S2/c1-22(2)29-21-50-32(38-29)28-19-30(25-12-11-24(48-5)18-27(25)37-28)49-17-13-26-31(43)40-36(33(44)41-51(46,47)35(3)14-15-35)20-23(36)10-8-6-7-9-16-42(4)34(45)39-26/h8,10-12,18-19,21-23,26H,6-7,9,13-17,20H2,1-5H3,(H,39,45)(H,40,43)(H,41,44)/b10-8-/t23?,26?,36-/m1/s1. The van der Waals surface area contributed by atoms with Crippen molar-refractivity contribution in [2.24, 2.45) is 5.92 Å². The van der Waals surface area contributed by atoms with Gasteiger partial charge in [-0.2, -0.15) is 0 Å². The van der Waals surface area contributed by atoms with E-state index in [1.807, 2.05) is 41.8 Å². The number of methoxy groups -OCH3 is 1. The Labute approximate surface area is 302 Å². The van der Waals surface area contributed by atoms with E-state index >= 15 is 0 Å². The van der Waals surface area contributed by atoms with Gasteiger partial charge in [0.05, 0.1) is 29.7 Å². The van der Waals surface area contributed by atoms with Gasteiger partial charge in [-0.25, -0.2) is 23.2 Å². The van der Waals surface area contributed by atoms with Gasteiger partial charge in [-0.1, -0.05) is 26.0 Å². The highest BCUT2D eigenvalue weighted by atomic mass is 32.2. The maximum atomic E-state index is 14.0. The van der Waals surface area contributed by atoms with Crippen molar-refractivity contribution in [3.8, 4) is 22.2 Å². The van der Waals surface area contributed by atoms with E-state index in [2.05, 4.69) is 29.2 Å². The number of hydrogen-bond donors (Lipinski definition) is 3. The lowest BCUT2D eigenvalue weighted by atomic mass is 10.1. The van der Waals surface area contributed by atoms with Gasteiger partial charge < -0.3 is 25.0 Å². The first-order valence-corrected chi connectivity index (χ1v) is 19.8. The van der Waals surface area contributed by atoms with E-state index in [-0.39, 0.29) is 31.3 Å². The number of thiazole rings is 1. The molecule has 3 heterocycles. The number of urea groups is 1. The molecule has 15 heteroatoms. The van der Waals surface area contributed by atoms with Crippen molar-refractivity contribution in [2.45, 2.75) is 88.0 Å². The SMILES string of the molecule is COc1ccc2c(OCCC3NC(=O)N(C)CCCC/C=C\C4C[C@@]4(C(=O)NS(=O)(=O)C4(C)CC4)NC3=O)cc(-c3nc(C(C)C)cs3)nc2c1. The van der Waals surface area contributed by atoms with E-state index in [4.69, 9.17) is 19.4 Å². The lowest BCUT2D eigenvalue weighted by Crippen LogP contribution is -2.58. The van der Waals surface area contributed by atoms with E-state index < -0.39 is 44.2 Å². The van der Waals surface area contributed by atoms with Crippen LogP contribution in [0.25, 0.3) is 21.6 Å². The summed E-state index contributed by atoms with van der Waals surface area (Å²) in [5, 5.41) is 9.16. The molecule has 3 aliphatic rings. The van der Waals surface area contributed by atoms with Gasteiger partial charge in [0, 0.05) is 48.8 Å². The third kappa shape index (κ3) is 7.83. The van der Waals surface area contributed by atoms with Crippen molar-refractivity contribution < 1.29 is 32.3 Å². The summed E-state index contributed by atoms with van der Waals surface area (Å²) in [6, 6.07) is 5.78. The number of allylic oxidation sites excluding steroid dienone is 1. The summed E-state index contributed by atoms with van der Waals surface area (Å²) >= 11 is 1.49. The first-order valence-electron chi connectivity index (χ1n) is 17.4. The predicted molar refractivity (Wildman–Crippen MR) is 195 cm³/mol. The molecule has 2 fully saturated rings. The van der Waals surface area contributed by atoms with Gasteiger partial charge in [0.15, 0.2) is 0 Å². The smallest absolute Gasteiger partial charge is 0.317 e. The molecule has 2 aliphatic carbocycles. The minimum atomic E-state index is -3.94. The molecule has 0 saturated heterocycles. The summed E-state index contributed by atoms with van der Waals surface area (Å²) in [6.07, 6.45) is 7.37. The Bertz CT molecular complexity index is 1960. The molecular weight excluding hydrogens is 693 g/mol. The molecule has 3 aromatic rings. The van der Waals surface area contributed by atoms with Crippen molar-refractivity contribution in [1.29, 1.82) is 0 Å². The van der Waals surface area contributed by atoms with Crippen LogP contribution in [0.15, 0.2) is 41.8 Å². The number of rotatable bonds is 10. The maximum Gasteiger partial charge on any atom is 0.317 e. The third-order valence-electron chi connectivity index (χ3n) is 10.0. The first kappa shape index (κ1) is 36.5. The topological polar surface area (TPSA) is 169 Å². The zero-order valence-corrected chi connectivity index (χ0v) is 31.3. The fourth-order valence-electron chi connectivity index (χ4n) is 6.06. The van der Waals surface area contributed by atoms with Gasteiger partial charge in [0.1, 0.15) is 33.8 Å². The summed E-state index contributed by atoms with van der Waals surface area (Å²) in [5.41, 5.74) is 0.780. The van der Waals surface area contributed by atoms with Crippen LogP contribution in [-0.2, 0) is 19.6 Å². The number of ether oxygens (including phenoxy) is 2. The van der Waals surface area contributed by atoms with Crippen LogP contribution < -0.4 is 24.8 Å². The summed E-state index contributed by atoms with van der Waals surface area (Å²) in [7, 11) is -0.686. The quantitative estimate of drug-likeness (QED) is 0.246. The second-order valence-corrected chi connectivity index (χ2v) is 17.3.